The summed E-state index contributed by atoms with van der Waals surface area (Å²) in [5.41, 5.74) is 7.08. The third-order valence-corrected chi connectivity index (χ3v) is 1.83. The molecular formula is C10H10N2O2. The van der Waals surface area contributed by atoms with Crippen molar-refractivity contribution >= 4 is 17.5 Å². The molecule has 0 saturated heterocycles. The van der Waals surface area contributed by atoms with Crippen molar-refractivity contribution in [3.8, 4) is 0 Å². The van der Waals surface area contributed by atoms with Crippen LogP contribution < -0.4 is 5.73 Å². The van der Waals surface area contributed by atoms with Crippen LogP contribution in [0.15, 0.2) is 33.4 Å². The van der Waals surface area contributed by atoms with Gasteiger partial charge < -0.3 is 14.7 Å². The second kappa shape index (κ2) is 3.41. The maximum absolute atomic E-state index is 5.41. The second-order valence-corrected chi connectivity index (χ2v) is 2.96. The molecule has 2 N–H and O–H groups in total. The van der Waals surface area contributed by atoms with Gasteiger partial charge in [0.25, 0.3) is 0 Å². The van der Waals surface area contributed by atoms with E-state index in [0.717, 1.165) is 17.0 Å². The van der Waals surface area contributed by atoms with Gasteiger partial charge in [-0.05, 0) is 30.7 Å². The van der Waals surface area contributed by atoms with Crippen molar-refractivity contribution in [3.63, 3.8) is 0 Å². The summed E-state index contributed by atoms with van der Waals surface area (Å²) in [7, 11) is 0. The summed E-state index contributed by atoms with van der Waals surface area (Å²) in [5.74, 6) is 1.09. The van der Waals surface area contributed by atoms with Crippen LogP contribution in [-0.4, -0.2) is 5.16 Å². The molecule has 2 heterocycles. The van der Waals surface area contributed by atoms with Gasteiger partial charge in [0.05, 0.1) is 6.26 Å². The number of anilines is 1. The normalized spacial score (nSPS) is 11.9. The van der Waals surface area contributed by atoms with Crippen LogP contribution in [-0.2, 0) is 0 Å². The molecule has 0 aromatic carbocycles. The van der Waals surface area contributed by atoms with E-state index < -0.39 is 0 Å². The van der Waals surface area contributed by atoms with E-state index >= 15 is 0 Å². The van der Waals surface area contributed by atoms with E-state index in [1.807, 2.05) is 25.1 Å². The van der Waals surface area contributed by atoms with Gasteiger partial charge in [-0.15, -0.1) is 0 Å². The topological polar surface area (TPSA) is 65.2 Å². The lowest BCUT2D eigenvalue weighted by Crippen LogP contribution is -1.78. The highest BCUT2D eigenvalue weighted by Gasteiger charge is 2.03. The molecule has 0 spiro atoms. The van der Waals surface area contributed by atoms with Crippen molar-refractivity contribution in [2.75, 3.05) is 5.73 Å². The van der Waals surface area contributed by atoms with Gasteiger partial charge >= 0.3 is 0 Å². The number of rotatable bonds is 2. The molecule has 0 radical (unpaired) electrons. The summed E-state index contributed by atoms with van der Waals surface area (Å²) in [5, 5.41) is 3.79. The van der Waals surface area contributed by atoms with E-state index in [4.69, 9.17) is 14.7 Å². The van der Waals surface area contributed by atoms with E-state index in [1.54, 1.807) is 12.3 Å². The van der Waals surface area contributed by atoms with Crippen molar-refractivity contribution in [2.24, 2.45) is 0 Å². The molecule has 0 amide bonds. The van der Waals surface area contributed by atoms with E-state index in [-0.39, 0.29) is 0 Å². The Hall–Kier alpha value is -1.97. The zero-order chi connectivity index (χ0) is 9.97. The van der Waals surface area contributed by atoms with Gasteiger partial charge in [0.2, 0.25) is 5.88 Å². The van der Waals surface area contributed by atoms with Crippen molar-refractivity contribution in [2.45, 2.75) is 6.92 Å². The fraction of sp³-hybridized carbons (Fsp3) is 0.100. The Morgan fingerprint density at radius 3 is 3.00 bits per heavy atom. The van der Waals surface area contributed by atoms with E-state index in [2.05, 4.69) is 5.16 Å². The number of aromatic nitrogens is 1. The number of hydrogen-bond acceptors (Lipinski definition) is 4. The summed E-state index contributed by atoms with van der Waals surface area (Å²) in [6.45, 7) is 1.92. The number of hydrogen-bond donors (Lipinski definition) is 1. The molecule has 0 unspecified atom stereocenters. The molecule has 4 heteroatoms. The lowest BCUT2D eigenvalue weighted by molar-refractivity contribution is 0.434. The molecule has 0 bridgehead atoms. The summed E-state index contributed by atoms with van der Waals surface area (Å²) in [4.78, 5) is 0. The lowest BCUT2D eigenvalue weighted by Gasteiger charge is -1.91. The quantitative estimate of drug-likeness (QED) is 0.789. The monoisotopic (exact) mass is 190 g/mol. The second-order valence-electron chi connectivity index (χ2n) is 2.96. The minimum atomic E-state index is 0.312. The smallest absolute Gasteiger partial charge is 0.222 e. The van der Waals surface area contributed by atoms with Crippen LogP contribution in [0.25, 0.3) is 11.6 Å². The highest BCUT2D eigenvalue weighted by molar-refractivity contribution is 5.77. The van der Waals surface area contributed by atoms with Crippen molar-refractivity contribution in [1.82, 2.24) is 5.16 Å². The van der Waals surface area contributed by atoms with Gasteiger partial charge in [0.15, 0.2) is 0 Å². The van der Waals surface area contributed by atoms with Crippen LogP contribution in [0.2, 0.25) is 0 Å². The van der Waals surface area contributed by atoms with Crippen LogP contribution in [0.5, 0.6) is 0 Å². The predicted molar refractivity (Wildman–Crippen MR) is 53.2 cm³/mol. The molecule has 0 aliphatic rings. The minimum Gasteiger partial charge on any atom is -0.465 e. The Balaban J connectivity index is 2.28. The van der Waals surface area contributed by atoms with Crippen LogP contribution in [0.1, 0.15) is 18.4 Å². The van der Waals surface area contributed by atoms with E-state index in [1.165, 1.54) is 0 Å². The van der Waals surface area contributed by atoms with Gasteiger partial charge in [-0.3, -0.25) is 0 Å². The van der Waals surface area contributed by atoms with Crippen molar-refractivity contribution < 1.29 is 8.94 Å². The zero-order valence-corrected chi connectivity index (χ0v) is 7.73. The first-order valence-corrected chi connectivity index (χ1v) is 4.20. The van der Waals surface area contributed by atoms with Gasteiger partial charge in [-0.1, -0.05) is 5.16 Å². The first-order chi connectivity index (χ1) is 6.75. The van der Waals surface area contributed by atoms with Gasteiger partial charge in [0, 0.05) is 6.07 Å². The number of allylic oxidation sites excluding steroid dienone is 1. The molecule has 2 rings (SSSR count). The fourth-order valence-corrected chi connectivity index (χ4v) is 1.14. The van der Waals surface area contributed by atoms with Gasteiger partial charge in [-0.2, -0.15) is 0 Å². The van der Waals surface area contributed by atoms with Gasteiger partial charge in [0.1, 0.15) is 11.5 Å². The first kappa shape index (κ1) is 8.62. The van der Waals surface area contributed by atoms with Crippen LogP contribution in [0, 0.1) is 0 Å². The maximum Gasteiger partial charge on any atom is 0.222 e. The maximum atomic E-state index is 5.41. The molecule has 72 valence electrons. The SMILES string of the molecule is C/C(=C/c1ccco1)c1cc(N)on1. The van der Waals surface area contributed by atoms with E-state index in [0.29, 0.717) is 5.88 Å². The average molecular weight is 190 g/mol. The number of nitrogens with two attached hydrogens (primary N) is 1. The molecule has 0 saturated carbocycles. The number of nitrogens with zero attached hydrogens (tertiary/aromatic N) is 1. The molecule has 0 aliphatic carbocycles. The average Bonchev–Trinajstić information content (AvgIpc) is 2.75. The summed E-state index contributed by atoms with van der Waals surface area (Å²) in [6.07, 6.45) is 3.49. The zero-order valence-electron chi connectivity index (χ0n) is 7.73. The Bertz CT molecular complexity index is 440. The lowest BCUT2D eigenvalue weighted by atomic mass is 10.2. The Labute approximate surface area is 81.0 Å². The molecular weight excluding hydrogens is 180 g/mol. The number of furan rings is 1. The highest BCUT2D eigenvalue weighted by Crippen LogP contribution is 2.18. The Morgan fingerprint density at radius 2 is 2.43 bits per heavy atom. The Kier molecular flexibility index (Phi) is 2.10. The fourth-order valence-electron chi connectivity index (χ4n) is 1.14. The summed E-state index contributed by atoms with van der Waals surface area (Å²) >= 11 is 0. The standard InChI is InChI=1S/C10H10N2O2/c1-7(5-8-3-2-4-13-8)9-6-10(11)14-12-9/h2-6H,11H2,1H3/b7-5-. The van der Waals surface area contributed by atoms with Crippen LogP contribution in [0.4, 0.5) is 5.88 Å². The van der Waals surface area contributed by atoms with Crippen molar-refractivity contribution in [1.29, 1.82) is 0 Å². The molecule has 0 aliphatic heterocycles. The molecule has 4 nitrogen and oxygen atoms in total. The first-order valence-electron chi connectivity index (χ1n) is 4.20. The third-order valence-electron chi connectivity index (χ3n) is 1.83. The van der Waals surface area contributed by atoms with Crippen LogP contribution in [0.3, 0.4) is 0 Å². The molecule has 0 fully saturated rings. The number of nitrogen functional groups attached to an aromatic ring is 1. The molecule has 14 heavy (non-hydrogen) atoms. The largest absolute Gasteiger partial charge is 0.465 e. The van der Waals surface area contributed by atoms with Crippen LogP contribution >= 0.6 is 0 Å². The molecule has 2 aromatic heterocycles. The summed E-state index contributed by atoms with van der Waals surface area (Å²) in [6, 6.07) is 5.37. The minimum absolute atomic E-state index is 0.312. The molecule has 0 atom stereocenters. The predicted octanol–water partition coefficient (Wildman–Crippen LogP) is 2.41. The molecule has 2 aromatic rings. The van der Waals surface area contributed by atoms with Crippen molar-refractivity contribution in [3.05, 3.63) is 35.9 Å². The van der Waals surface area contributed by atoms with E-state index in [9.17, 15) is 0 Å². The van der Waals surface area contributed by atoms with Gasteiger partial charge in [-0.25, -0.2) is 0 Å². The Morgan fingerprint density at radius 1 is 1.57 bits per heavy atom. The third kappa shape index (κ3) is 1.69. The summed E-state index contributed by atoms with van der Waals surface area (Å²) < 4.78 is 9.93. The highest BCUT2D eigenvalue weighted by atomic mass is 16.5.